The summed E-state index contributed by atoms with van der Waals surface area (Å²) in [6.07, 6.45) is 1.12. The molecule has 0 spiro atoms. The molecular formula is C20H16BrNO4S. The van der Waals surface area contributed by atoms with Gasteiger partial charge in [0.2, 0.25) is 0 Å². The van der Waals surface area contributed by atoms with E-state index in [1.807, 2.05) is 24.3 Å². The maximum Gasteiger partial charge on any atom is 0.255 e. The summed E-state index contributed by atoms with van der Waals surface area (Å²) < 4.78 is 29.6. The molecule has 0 aliphatic heterocycles. The van der Waals surface area contributed by atoms with Crippen molar-refractivity contribution >= 4 is 37.4 Å². The molecule has 0 aliphatic rings. The van der Waals surface area contributed by atoms with Gasteiger partial charge in [0.05, 0.1) is 4.90 Å². The second-order valence-corrected chi connectivity index (χ2v) is 8.76. The van der Waals surface area contributed by atoms with Crippen molar-refractivity contribution in [2.75, 3.05) is 11.6 Å². The molecule has 0 saturated carbocycles. The summed E-state index contributed by atoms with van der Waals surface area (Å²) in [5, 5.41) is 2.76. The van der Waals surface area contributed by atoms with Crippen LogP contribution in [0.3, 0.4) is 0 Å². The van der Waals surface area contributed by atoms with Crippen molar-refractivity contribution in [3.05, 3.63) is 82.8 Å². The molecule has 0 unspecified atom stereocenters. The van der Waals surface area contributed by atoms with Crippen molar-refractivity contribution in [1.29, 1.82) is 0 Å². The lowest BCUT2D eigenvalue weighted by Crippen LogP contribution is -2.12. The van der Waals surface area contributed by atoms with Gasteiger partial charge in [-0.1, -0.05) is 15.9 Å². The lowest BCUT2D eigenvalue weighted by Gasteiger charge is -2.08. The zero-order valence-corrected chi connectivity index (χ0v) is 16.7. The smallest absolute Gasteiger partial charge is 0.255 e. The van der Waals surface area contributed by atoms with E-state index in [0.29, 0.717) is 22.7 Å². The molecule has 0 atom stereocenters. The monoisotopic (exact) mass is 445 g/mol. The Bertz CT molecular complexity index is 1040. The van der Waals surface area contributed by atoms with E-state index in [0.717, 1.165) is 10.7 Å². The molecule has 0 heterocycles. The molecule has 0 aromatic heterocycles. The number of ether oxygens (including phenoxy) is 1. The van der Waals surface area contributed by atoms with E-state index < -0.39 is 9.84 Å². The first-order chi connectivity index (χ1) is 12.8. The quantitative estimate of drug-likeness (QED) is 0.606. The molecular weight excluding hydrogens is 430 g/mol. The second kappa shape index (κ2) is 7.94. The second-order valence-electron chi connectivity index (χ2n) is 5.83. The third-order valence-corrected chi connectivity index (χ3v) is 5.36. The Morgan fingerprint density at radius 3 is 1.89 bits per heavy atom. The third kappa shape index (κ3) is 5.18. The number of hydrogen-bond acceptors (Lipinski definition) is 4. The van der Waals surface area contributed by atoms with Crippen LogP contribution >= 0.6 is 15.9 Å². The average Bonchev–Trinajstić information content (AvgIpc) is 2.64. The van der Waals surface area contributed by atoms with Gasteiger partial charge in [-0.25, -0.2) is 8.42 Å². The van der Waals surface area contributed by atoms with Gasteiger partial charge in [-0.2, -0.15) is 0 Å². The van der Waals surface area contributed by atoms with Gasteiger partial charge >= 0.3 is 0 Å². The number of amides is 1. The topological polar surface area (TPSA) is 72.5 Å². The Morgan fingerprint density at radius 1 is 0.852 bits per heavy atom. The first-order valence-electron chi connectivity index (χ1n) is 7.96. The van der Waals surface area contributed by atoms with Crippen LogP contribution in [0, 0.1) is 0 Å². The molecule has 3 aromatic carbocycles. The van der Waals surface area contributed by atoms with Crippen molar-refractivity contribution in [1.82, 2.24) is 0 Å². The molecule has 5 nitrogen and oxygen atoms in total. The Hall–Kier alpha value is -2.64. The van der Waals surface area contributed by atoms with Crippen molar-refractivity contribution in [3.8, 4) is 11.5 Å². The molecule has 138 valence electrons. The number of halogens is 1. The van der Waals surface area contributed by atoms with Crippen molar-refractivity contribution in [2.24, 2.45) is 0 Å². The Morgan fingerprint density at radius 2 is 1.37 bits per heavy atom. The Kier molecular flexibility index (Phi) is 5.62. The number of carbonyl (C=O) groups is 1. The fourth-order valence-corrected chi connectivity index (χ4v) is 3.20. The van der Waals surface area contributed by atoms with E-state index >= 15 is 0 Å². The van der Waals surface area contributed by atoms with Crippen LogP contribution < -0.4 is 10.1 Å². The van der Waals surface area contributed by atoms with E-state index in [2.05, 4.69) is 21.2 Å². The summed E-state index contributed by atoms with van der Waals surface area (Å²) in [7, 11) is -3.29. The van der Waals surface area contributed by atoms with Gasteiger partial charge in [0.15, 0.2) is 9.84 Å². The number of sulfone groups is 1. The highest BCUT2D eigenvalue weighted by Gasteiger charge is 2.10. The van der Waals surface area contributed by atoms with E-state index in [4.69, 9.17) is 4.74 Å². The largest absolute Gasteiger partial charge is 0.457 e. The van der Waals surface area contributed by atoms with Crippen LogP contribution in [0.25, 0.3) is 0 Å². The number of benzene rings is 3. The summed E-state index contributed by atoms with van der Waals surface area (Å²) in [6.45, 7) is 0. The summed E-state index contributed by atoms with van der Waals surface area (Å²) in [4.78, 5) is 12.5. The lowest BCUT2D eigenvalue weighted by molar-refractivity contribution is 0.102. The summed E-state index contributed by atoms with van der Waals surface area (Å²) in [5.41, 5.74) is 0.980. The standard InChI is InChI=1S/C20H16BrNO4S/c1-27(24,25)19-12-2-14(3-13-19)20(23)22-16-6-10-18(11-7-16)26-17-8-4-15(21)5-9-17/h2-13H,1H3,(H,22,23). The minimum atomic E-state index is -3.29. The fraction of sp³-hybridized carbons (Fsp3) is 0.0500. The summed E-state index contributed by atoms with van der Waals surface area (Å²) in [6, 6.07) is 20.2. The Balaban J connectivity index is 1.65. The van der Waals surface area contributed by atoms with Crippen LogP contribution in [-0.4, -0.2) is 20.6 Å². The summed E-state index contributed by atoms with van der Waals surface area (Å²) in [5.74, 6) is 1.03. The number of carbonyl (C=O) groups excluding carboxylic acids is 1. The molecule has 1 amide bonds. The van der Waals surface area contributed by atoms with Gasteiger partial charge < -0.3 is 10.1 Å². The number of anilines is 1. The number of rotatable bonds is 5. The molecule has 1 N–H and O–H groups in total. The lowest BCUT2D eigenvalue weighted by atomic mass is 10.2. The minimum Gasteiger partial charge on any atom is -0.457 e. The normalized spacial score (nSPS) is 11.0. The fourth-order valence-electron chi connectivity index (χ4n) is 2.30. The SMILES string of the molecule is CS(=O)(=O)c1ccc(C(=O)Nc2ccc(Oc3ccc(Br)cc3)cc2)cc1. The van der Waals surface area contributed by atoms with Gasteiger partial charge in [-0.05, 0) is 72.8 Å². The van der Waals surface area contributed by atoms with Gasteiger partial charge in [-0.15, -0.1) is 0 Å². The van der Waals surface area contributed by atoms with Crippen LogP contribution in [0.4, 0.5) is 5.69 Å². The summed E-state index contributed by atoms with van der Waals surface area (Å²) >= 11 is 3.37. The zero-order chi connectivity index (χ0) is 19.4. The maximum absolute atomic E-state index is 12.3. The molecule has 0 fully saturated rings. The van der Waals surface area contributed by atoms with E-state index in [1.165, 1.54) is 24.3 Å². The van der Waals surface area contributed by atoms with Crippen molar-refractivity contribution in [2.45, 2.75) is 4.90 Å². The van der Waals surface area contributed by atoms with E-state index in [9.17, 15) is 13.2 Å². The minimum absolute atomic E-state index is 0.175. The molecule has 3 rings (SSSR count). The first kappa shape index (κ1) is 19.1. The van der Waals surface area contributed by atoms with Crippen molar-refractivity contribution < 1.29 is 17.9 Å². The van der Waals surface area contributed by atoms with Crippen LogP contribution in [-0.2, 0) is 9.84 Å². The molecule has 0 saturated heterocycles. The molecule has 27 heavy (non-hydrogen) atoms. The number of hydrogen-bond donors (Lipinski definition) is 1. The molecule has 7 heteroatoms. The van der Waals surface area contributed by atoms with Crippen molar-refractivity contribution in [3.63, 3.8) is 0 Å². The highest BCUT2D eigenvalue weighted by molar-refractivity contribution is 9.10. The first-order valence-corrected chi connectivity index (χ1v) is 10.6. The zero-order valence-electron chi connectivity index (χ0n) is 14.3. The average molecular weight is 446 g/mol. The highest BCUT2D eigenvalue weighted by Crippen LogP contribution is 2.24. The van der Waals surface area contributed by atoms with Gasteiger partial charge in [0, 0.05) is 22.0 Å². The molecule has 0 bridgehead atoms. The third-order valence-electron chi connectivity index (χ3n) is 3.71. The van der Waals surface area contributed by atoms with Crippen LogP contribution in [0.5, 0.6) is 11.5 Å². The van der Waals surface area contributed by atoms with E-state index in [-0.39, 0.29) is 10.8 Å². The van der Waals surface area contributed by atoms with Crippen LogP contribution in [0.15, 0.2) is 82.2 Å². The molecule has 0 aliphatic carbocycles. The van der Waals surface area contributed by atoms with Crippen LogP contribution in [0.2, 0.25) is 0 Å². The predicted molar refractivity (Wildman–Crippen MR) is 108 cm³/mol. The highest BCUT2D eigenvalue weighted by atomic mass is 79.9. The molecule has 0 radical (unpaired) electrons. The Labute approximate surface area is 166 Å². The van der Waals surface area contributed by atoms with Crippen LogP contribution in [0.1, 0.15) is 10.4 Å². The predicted octanol–water partition coefficient (Wildman–Crippen LogP) is 4.90. The molecule has 3 aromatic rings. The van der Waals surface area contributed by atoms with Gasteiger partial charge in [-0.3, -0.25) is 4.79 Å². The maximum atomic E-state index is 12.3. The number of nitrogens with one attached hydrogen (secondary N) is 1. The van der Waals surface area contributed by atoms with Gasteiger partial charge in [0.1, 0.15) is 11.5 Å². The van der Waals surface area contributed by atoms with Gasteiger partial charge in [0.25, 0.3) is 5.91 Å². The van der Waals surface area contributed by atoms with E-state index in [1.54, 1.807) is 24.3 Å².